The summed E-state index contributed by atoms with van der Waals surface area (Å²) in [7, 11) is 0. The Morgan fingerprint density at radius 1 is 0.476 bits per heavy atom. The summed E-state index contributed by atoms with van der Waals surface area (Å²) in [4.78, 5) is 9.87. The van der Waals surface area contributed by atoms with Crippen molar-refractivity contribution in [3.05, 3.63) is 145 Å². The topological polar surface area (TPSA) is 49.6 Å². The van der Waals surface area contributed by atoms with Crippen molar-refractivity contribution in [2.45, 2.75) is 0 Å². The summed E-state index contributed by atoms with van der Waals surface area (Å²) in [6.07, 6.45) is 1.83. The second kappa shape index (κ2) is 9.66. The van der Waals surface area contributed by atoms with Gasteiger partial charge in [0.05, 0.1) is 28.4 Å². The molecule has 0 aliphatic rings. The molecule has 0 amide bonds. The number of nitrogens with zero attached hydrogens (tertiary/aromatic N) is 3. The molecule has 0 atom stereocenters. The third-order valence-electron chi connectivity index (χ3n) is 8.09. The fraction of sp³-hybridized carbons (Fsp3) is 0. The molecule has 6 aromatic carbocycles. The molecule has 8 aromatic rings. The van der Waals surface area contributed by atoms with Crippen molar-refractivity contribution in [1.29, 1.82) is 5.26 Å². The summed E-state index contributed by atoms with van der Waals surface area (Å²) >= 11 is 0. The van der Waals surface area contributed by atoms with E-state index in [0.29, 0.717) is 5.56 Å². The average molecular weight is 534 g/mol. The molecule has 2 aromatic heterocycles. The van der Waals surface area contributed by atoms with Crippen LogP contribution in [0.5, 0.6) is 0 Å². The smallest absolute Gasteiger partial charge is 0.0991 e. The van der Waals surface area contributed by atoms with Gasteiger partial charge in [-0.3, -0.25) is 4.98 Å². The van der Waals surface area contributed by atoms with Crippen molar-refractivity contribution in [3.8, 4) is 39.6 Å². The van der Waals surface area contributed by atoms with Gasteiger partial charge < -0.3 is 0 Å². The van der Waals surface area contributed by atoms with Crippen molar-refractivity contribution in [2.24, 2.45) is 0 Å². The Hall–Kier alpha value is -5.85. The standard InChI is InChI=1S/C39H23N3/c40-24-25-11-13-26(14-12-25)35-22-31(20-29-6-1-3-9-33(29)35)32-21-30-7-2-4-10-34(30)36(23-32)37-18-17-28-16-15-27-8-5-19-41-38(27)39(28)42-37/h1-23H. The van der Waals surface area contributed by atoms with Crippen LogP contribution in [0.2, 0.25) is 0 Å². The van der Waals surface area contributed by atoms with Gasteiger partial charge in [-0.15, -0.1) is 0 Å². The monoisotopic (exact) mass is 533 g/mol. The second-order valence-corrected chi connectivity index (χ2v) is 10.6. The van der Waals surface area contributed by atoms with Gasteiger partial charge in [0.15, 0.2) is 0 Å². The van der Waals surface area contributed by atoms with Crippen LogP contribution in [-0.2, 0) is 0 Å². The van der Waals surface area contributed by atoms with E-state index in [2.05, 4.69) is 114 Å². The summed E-state index contributed by atoms with van der Waals surface area (Å²) in [5.74, 6) is 0. The van der Waals surface area contributed by atoms with Crippen LogP contribution in [0, 0.1) is 11.3 Å². The minimum absolute atomic E-state index is 0.657. The van der Waals surface area contributed by atoms with Crippen molar-refractivity contribution >= 4 is 43.4 Å². The lowest BCUT2D eigenvalue weighted by Crippen LogP contribution is -1.91. The number of rotatable bonds is 3. The van der Waals surface area contributed by atoms with E-state index in [-0.39, 0.29) is 0 Å². The number of pyridine rings is 2. The molecule has 0 unspecified atom stereocenters. The first-order chi connectivity index (χ1) is 20.7. The number of aromatic nitrogens is 2. The molecular weight excluding hydrogens is 510 g/mol. The number of fused-ring (bicyclic) bond motifs is 5. The van der Waals surface area contributed by atoms with Crippen LogP contribution in [0.25, 0.3) is 76.9 Å². The minimum atomic E-state index is 0.657. The molecule has 3 nitrogen and oxygen atoms in total. The Kier molecular flexibility index (Phi) is 5.52. The fourth-order valence-electron chi connectivity index (χ4n) is 6.00. The fourth-order valence-corrected chi connectivity index (χ4v) is 6.00. The summed E-state index contributed by atoms with van der Waals surface area (Å²) < 4.78 is 0. The molecule has 8 rings (SSSR count). The first-order valence-corrected chi connectivity index (χ1v) is 14.0. The summed E-state index contributed by atoms with van der Waals surface area (Å²) in [5.41, 5.74) is 8.98. The lowest BCUT2D eigenvalue weighted by Gasteiger charge is -2.14. The lowest BCUT2D eigenvalue weighted by atomic mass is 9.90. The zero-order chi connectivity index (χ0) is 28.0. The quantitative estimate of drug-likeness (QED) is 0.212. The normalized spacial score (nSPS) is 11.3. The molecule has 0 spiro atoms. The third kappa shape index (κ3) is 3.98. The van der Waals surface area contributed by atoms with E-state index >= 15 is 0 Å². The van der Waals surface area contributed by atoms with E-state index < -0.39 is 0 Å². The van der Waals surface area contributed by atoms with Gasteiger partial charge in [-0.25, -0.2) is 4.98 Å². The number of hydrogen-bond acceptors (Lipinski definition) is 3. The Morgan fingerprint density at radius 2 is 1.07 bits per heavy atom. The first-order valence-electron chi connectivity index (χ1n) is 14.0. The maximum atomic E-state index is 9.32. The van der Waals surface area contributed by atoms with Crippen LogP contribution >= 0.6 is 0 Å². The number of nitriles is 1. The van der Waals surface area contributed by atoms with E-state index in [0.717, 1.165) is 66.1 Å². The van der Waals surface area contributed by atoms with E-state index in [1.54, 1.807) is 0 Å². The van der Waals surface area contributed by atoms with Gasteiger partial charge in [-0.2, -0.15) is 5.26 Å². The first kappa shape index (κ1) is 24.0. The number of benzene rings is 6. The zero-order valence-electron chi connectivity index (χ0n) is 22.6. The third-order valence-corrected chi connectivity index (χ3v) is 8.09. The Bertz CT molecular complexity index is 2360. The number of hydrogen-bond donors (Lipinski definition) is 0. The summed E-state index contributed by atoms with van der Waals surface area (Å²) in [6, 6.07) is 48.7. The van der Waals surface area contributed by atoms with E-state index in [1.807, 2.05) is 36.5 Å². The van der Waals surface area contributed by atoms with Crippen molar-refractivity contribution in [3.63, 3.8) is 0 Å². The average Bonchev–Trinajstić information content (AvgIpc) is 3.07. The minimum Gasteiger partial charge on any atom is -0.254 e. The SMILES string of the molecule is N#Cc1ccc(-c2cc(-c3cc(-c4ccc5ccc6cccnc6c5n4)c4ccccc4c3)cc3ccccc23)cc1. The molecule has 194 valence electrons. The molecule has 0 aliphatic heterocycles. The van der Waals surface area contributed by atoms with Crippen LogP contribution in [0.4, 0.5) is 0 Å². The maximum absolute atomic E-state index is 9.32. The van der Waals surface area contributed by atoms with Gasteiger partial charge in [0.2, 0.25) is 0 Å². The Labute approximate surface area is 243 Å². The molecule has 0 aliphatic carbocycles. The van der Waals surface area contributed by atoms with Crippen LogP contribution in [0.15, 0.2) is 140 Å². The van der Waals surface area contributed by atoms with Gasteiger partial charge in [0.25, 0.3) is 0 Å². The highest BCUT2D eigenvalue weighted by Crippen LogP contribution is 2.38. The van der Waals surface area contributed by atoms with Gasteiger partial charge in [-0.1, -0.05) is 84.9 Å². The van der Waals surface area contributed by atoms with E-state index in [1.165, 1.54) is 10.8 Å². The van der Waals surface area contributed by atoms with E-state index in [4.69, 9.17) is 4.98 Å². The second-order valence-electron chi connectivity index (χ2n) is 10.6. The molecule has 0 saturated carbocycles. The maximum Gasteiger partial charge on any atom is 0.0991 e. The molecule has 0 fully saturated rings. The zero-order valence-corrected chi connectivity index (χ0v) is 22.6. The van der Waals surface area contributed by atoms with Crippen LogP contribution in [0.3, 0.4) is 0 Å². The van der Waals surface area contributed by atoms with Gasteiger partial charge in [0.1, 0.15) is 0 Å². The van der Waals surface area contributed by atoms with Gasteiger partial charge >= 0.3 is 0 Å². The lowest BCUT2D eigenvalue weighted by molar-refractivity contribution is 1.37. The van der Waals surface area contributed by atoms with Crippen LogP contribution in [-0.4, -0.2) is 9.97 Å². The highest BCUT2D eigenvalue weighted by molar-refractivity contribution is 6.06. The molecule has 0 saturated heterocycles. The van der Waals surface area contributed by atoms with Gasteiger partial charge in [-0.05, 0) is 92.3 Å². The van der Waals surface area contributed by atoms with Crippen molar-refractivity contribution < 1.29 is 0 Å². The molecule has 42 heavy (non-hydrogen) atoms. The summed E-state index contributed by atoms with van der Waals surface area (Å²) in [6.45, 7) is 0. The van der Waals surface area contributed by atoms with Crippen molar-refractivity contribution in [1.82, 2.24) is 9.97 Å². The molecule has 0 bridgehead atoms. The Balaban J connectivity index is 1.37. The molecule has 3 heteroatoms. The summed E-state index contributed by atoms with van der Waals surface area (Å²) in [5, 5.41) is 16.2. The predicted molar refractivity (Wildman–Crippen MR) is 173 cm³/mol. The molecule has 0 N–H and O–H groups in total. The molecular formula is C39H23N3. The highest BCUT2D eigenvalue weighted by Gasteiger charge is 2.14. The largest absolute Gasteiger partial charge is 0.254 e. The van der Waals surface area contributed by atoms with Crippen molar-refractivity contribution in [2.75, 3.05) is 0 Å². The molecule has 0 radical (unpaired) electrons. The Morgan fingerprint density at radius 3 is 1.79 bits per heavy atom. The van der Waals surface area contributed by atoms with E-state index in [9.17, 15) is 5.26 Å². The predicted octanol–water partition coefficient (Wildman–Crippen LogP) is 9.96. The molecule has 2 heterocycles. The highest BCUT2D eigenvalue weighted by atomic mass is 14.8. The van der Waals surface area contributed by atoms with Crippen LogP contribution in [0.1, 0.15) is 5.56 Å². The van der Waals surface area contributed by atoms with Gasteiger partial charge in [0, 0.05) is 22.5 Å². The van der Waals surface area contributed by atoms with Crippen LogP contribution < -0.4 is 0 Å².